The molecule has 116 valence electrons. The van der Waals surface area contributed by atoms with Gasteiger partial charge in [0.15, 0.2) is 0 Å². The minimum Gasteiger partial charge on any atom is -0.463 e. The van der Waals surface area contributed by atoms with Crippen LogP contribution in [0.1, 0.15) is 18.1 Å². The Morgan fingerprint density at radius 2 is 1.74 bits per heavy atom. The largest absolute Gasteiger partial charge is 0.463 e. The van der Waals surface area contributed by atoms with Crippen LogP contribution in [-0.2, 0) is 4.79 Å². The maximum Gasteiger partial charge on any atom is 0.308 e. The van der Waals surface area contributed by atoms with E-state index in [0.29, 0.717) is 27.8 Å². The zero-order chi connectivity index (χ0) is 16.6. The first-order valence-electron chi connectivity index (χ1n) is 7.28. The molecule has 2 aromatic carbocycles. The minimum atomic E-state index is -0.411. The summed E-state index contributed by atoms with van der Waals surface area (Å²) in [5.41, 5.74) is 3.41. The molecule has 0 saturated heterocycles. The number of esters is 1. The molecule has 0 radical (unpaired) electrons. The summed E-state index contributed by atoms with van der Waals surface area (Å²) in [5.74, 6) is -0.0118. The number of fused-ring (bicyclic) bond motifs is 1. The Kier molecular flexibility index (Phi) is 3.74. The van der Waals surface area contributed by atoms with Gasteiger partial charge in [0.05, 0.1) is 10.9 Å². The highest BCUT2D eigenvalue weighted by Crippen LogP contribution is 2.28. The summed E-state index contributed by atoms with van der Waals surface area (Å²) in [5, 5.41) is 0.469. The normalized spacial score (nSPS) is 10.7. The Balaban J connectivity index is 2.19. The molecule has 0 unspecified atom stereocenters. The number of benzene rings is 2. The lowest BCUT2D eigenvalue weighted by Gasteiger charge is -2.09. The molecule has 3 aromatic rings. The van der Waals surface area contributed by atoms with Gasteiger partial charge in [0.25, 0.3) is 0 Å². The molecule has 0 amide bonds. The van der Waals surface area contributed by atoms with Crippen LogP contribution < -0.4 is 10.2 Å². The van der Waals surface area contributed by atoms with Crippen LogP contribution in [0.5, 0.6) is 5.75 Å². The molecule has 0 aliphatic carbocycles. The summed E-state index contributed by atoms with van der Waals surface area (Å²) < 4.78 is 10.8. The van der Waals surface area contributed by atoms with Crippen molar-refractivity contribution >= 4 is 16.9 Å². The van der Waals surface area contributed by atoms with E-state index in [2.05, 4.69) is 0 Å². The maximum atomic E-state index is 12.7. The van der Waals surface area contributed by atoms with Gasteiger partial charge in [-0.05, 0) is 31.5 Å². The second-order valence-corrected chi connectivity index (χ2v) is 5.50. The minimum absolute atomic E-state index is 0.104. The maximum absolute atomic E-state index is 12.7. The highest BCUT2D eigenvalue weighted by Gasteiger charge is 2.14. The van der Waals surface area contributed by atoms with Crippen molar-refractivity contribution in [3.05, 3.63) is 64.0 Å². The van der Waals surface area contributed by atoms with Crippen LogP contribution >= 0.6 is 0 Å². The third-order valence-corrected chi connectivity index (χ3v) is 3.76. The molecule has 0 N–H and O–H groups in total. The topological polar surface area (TPSA) is 56.5 Å². The smallest absolute Gasteiger partial charge is 0.308 e. The molecule has 4 nitrogen and oxygen atoms in total. The fraction of sp³-hybridized carbons (Fsp3) is 0.158. The molecular formula is C19H16O4. The van der Waals surface area contributed by atoms with E-state index < -0.39 is 5.97 Å². The molecule has 0 bridgehead atoms. The van der Waals surface area contributed by atoms with Gasteiger partial charge in [0, 0.05) is 12.5 Å². The predicted molar refractivity (Wildman–Crippen MR) is 88.7 cm³/mol. The standard InChI is InChI=1S/C19H16O4/c1-11-4-6-14(7-5-11)16-10-22-19-12(2)17(23-13(3)20)9-8-15(19)18(16)21/h4-10H,1-3H3. The summed E-state index contributed by atoms with van der Waals surface area (Å²) in [7, 11) is 0. The summed E-state index contributed by atoms with van der Waals surface area (Å²) in [6.45, 7) is 5.09. The Morgan fingerprint density at radius 1 is 1.04 bits per heavy atom. The molecule has 0 fully saturated rings. The molecule has 23 heavy (non-hydrogen) atoms. The number of aryl methyl sites for hydroxylation is 2. The fourth-order valence-corrected chi connectivity index (χ4v) is 2.52. The van der Waals surface area contributed by atoms with Crippen LogP contribution in [0.25, 0.3) is 22.1 Å². The van der Waals surface area contributed by atoms with Gasteiger partial charge in [-0.15, -0.1) is 0 Å². The number of ether oxygens (including phenoxy) is 1. The SMILES string of the molecule is CC(=O)Oc1ccc2c(=O)c(-c3ccc(C)cc3)coc2c1C. The Hall–Kier alpha value is -2.88. The summed E-state index contributed by atoms with van der Waals surface area (Å²) in [6, 6.07) is 10.9. The van der Waals surface area contributed by atoms with E-state index in [9.17, 15) is 9.59 Å². The molecule has 1 heterocycles. The van der Waals surface area contributed by atoms with Crippen LogP contribution in [0.3, 0.4) is 0 Å². The molecule has 1 aromatic heterocycles. The fourth-order valence-electron chi connectivity index (χ4n) is 2.52. The zero-order valence-corrected chi connectivity index (χ0v) is 13.2. The Bertz CT molecular complexity index is 950. The predicted octanol–water partition coefficient (Wildman–Crippen LogP) is 4.00. The Morgan fingerprint density at radius 3 is 2.39 bits per heavy atom. The van der Waals surface area contributed by atoms with E-state index in [-0.39, 0.29) is 5.43 Å². The van der Waals surface area contributed by atoms with Crippen LogP contribution in [-0.4, -0.2) is 5.97 Å². The molecule has 0 aliphatic heterocycles. The second-order valence-electron chi connectivity index (χ2n) is 5.50. The first-order chi connectivity index (χ1) is 11.0. The van der Waals surface area contributed by atoms with Crippen LogP contribution in [0, 0.1) is 13.8 Å². The van der Waals surface area contributed by atoms with Gasteiger partial charge < -0.3 is 9.15 Å². The van der Waals surface area contributed by atoms with E-state index >= 15 is 0 Å². The van der Waals surface area contributed by atoms with Gasteiger partial charge in [0.2, 0.25) is 5.43 Å². The number of hydrogen-bond donors (Lipinski definition) is 0. The van der Waals surface area contributed by atoms with Gasteiger partial charge >= 0.3 is 5.97 Å². The monoisotopic (exact) mass is 308 g/mol. The average molecular weight is 308 g/mol. The lowest BCUT2D eigenvalue weighted by molar-refractivity contribution is -0.131. The zero-order valence-electron chi connectivity index (χ0n) is 13.2. The quantitative estimate of drug-likeness (QED) is 0.530. The first kappa shape index (κ1) is 15.0. The van der Waals surface area contributed by atoms with Gasteiger partial charge in [-0.3, -0.25) is 9.59 Å². The summed E-state index contributed by atoms with van der Waals surface area (Å²) in [6.07, 6.45) is 1.46. The molecule has 0 aliphatic rings. The van der Waals surface area contributed by atoms with Gasteiger partial charge in [0.1, 0.15) is 17.6 Å². The first-order valence-corrected chi connectivity index (χ1v) is 7.28. The van der Waals surface area contributed by atoms with Crippen LogP contribution in [0.2, 0.25) is 0 Å². The van der Waals surface area contributed by atoms with Crippen molar-refractivity contribution < 1.29 is 13.9 Å². The molecule has 0 spiro atoms. The third kappa shape index (κ3) is 2.75. The van der Waals surface area contributed by atoms with Crippen LogP contribution in [0.15, 0.2) is 51.9 Å². The molecule has 3 rings (SSSR count). The van der Waals surface area contributed by atoms with E-state index in [1.807, 2.05) is 31.2 Å². The highest BCUT2D eigenvalue weighted by atomic mass is 16.5. The van der Waals surface area contributed by atoms with Crippen molar-refractivity contribution in [2.75, 3.05) is 0 Å². The Labute approximate surface area is 133 Å². The van der Waals surface area contributed by atoms with Crippen molar-refractivity contribution in [3.8, 4) is 16.9 Å². The van der Waals surface area contributed by atoms with Crippen molar-refractivity contribution in [2.45, 2.75) is 20.8 Å². The average Bonchev–Trinajstić information content (AvgIpc) is 2.51. The lowest BCUT2D eigenvalue weighted by atomic mass is 10.0. The van der Waals surface area contributed by atoms with Crippen molar-refractivity contribution in [2.24, 2.45) is 0 Å². The number of carbonyl (C=O) groups is 1. The van der Waals surface area contributed by atoms with Gasteiger partial charge in [-0.25, -0.2) is 0 Å². The second kappa shape index (κ2) is 5.72. The number of hydrogen-bond acceptors (Lipinski definition) is 4. The lowest BCUT2D eigenvalue weighted by Crippen LogP contribution is -2.07. The van der Waals surface area contributed by atoms with Gasteiger partial charge in [-0.1, -0.05) is 29.8 Å². The van der Waals surface area contributed by atoms with E-state index in [1.54, 1.807) is 19.1 Å². The third-order valence-electron chi connectivity index (χ3n) is 3.76. The number of carbonyl (C=O) groups excluding carboxylic acids is 1. The van der Waals surface area contributed by atoms with E-state index in [4.69, 9.17) is 9.15 Å². The van der Waals surface area contributed by atoms with Crippen LogP contribution in [0.4, 0.5) is 0 Å². The van der Waals surface area contributed by atoms with E-state index in [1.165, 1.54) is 13.2 Å². The molecular weight excluding hydrogens is 292 g/mol. The van der Waals surface area contributed by atoms with Crippen molar-refractivity contribution in [1.82, 2.24) is 0 Å². The van der Waals surface area contributed by atoms with Crippen molar-refractivity contribution in [3.63, 3.8) is 0 Å². The molecule has 4 heteroatoms. The van der Waals surface area contributed by atoms with Crippen molar-refractivity contribution in [1.29, 1.82) is 0 Å². The van der Waals surface area contributed by atoms with Gasteiger partial charge in [-0.2, -0.15) is 0 Å². The summed E-state index contributed by atoms with van der Waals surface area (Å²) >= 11 is 0. The molecule has 0 atom stereocenters. The molecule has 0 saturated carbocycles. The highest BCUT2D eigenvalue weighted by molar-refractivity contribution is 5.86. The van der Waals surface area contributed by atoms with E-state index in [0.717, 1.165) is 11.1 Å². The number of rotatable bonds is 2. The summed E-state index contributed by atoms with van der Waals surface area (Å²) in [4.78, 5) is 23.9.